The molecule has 10 nitrogen and oxygen atoms in total. The Balaban J connectivity index is 1.73. The van der Waals surface area contributed by atoms with Crippen LogP contribution < -0.4 is 0 Å². The molecule has 2 rings (SSSR count). The van der Waals surface area contributed by atoms with Gasteiger partial charge in [0.15, 0.2) is 6.29 Å². The van der Waals surface area contributed by atoms with Gasteiger partial charge in [-0.25, -0.2) is 0 Å². The summed E-state index contributed by atoms with van der Waals surface area (Å²) in [7, 11) is 0. The highest BCUT2D eigenvalue weighted by molar-refractivity contribution is 5.69. The topological polar surface area (TPSA) is 166 Å². The monoisotopic (exact) mass is 576 g/mol. The molecule has 1 aliphatic carbocycles. The van der Waals surface area contributed by atoms with Gasteiger partial charge in [-0.05, 0) is 6.42 Å². The molecule has 40 heavy (non-hydrogen) atoms. The van der Waals surface area contributed by atoms with E-state index >= 15 is 0 Å². The maximum absolute atomic E-state index is 12.6. The zero-order chi connectivity index (χ0) is 29.7. The molecule has 10 heteroatoms. The fourth-order valence-corrected chi connectivity index (χ4v) is 5.81. The first-order valence-electron chi connectivity index (χ1n) is 15.7. The number of hydrogen-bond acceptors (Lipinski definition) is 10. The molecule has 0 aromatic rings. The quantitative estimate of drug-likeness (QED) is 0.105. The van der Waals surface area contributed by atoms with Crippen molar-refractivity contribution in [1.82, 2.24) is 0 Å². The van der Waals surface area contributed by atoms with Crippen molar-refractivity contribution < 1.29 is 49.6 Å². The largest absolute Gasteiger partial charge is 0.459 e. The second kappa shape index (κ2) is 18.6. The molecule has 11 atom stereocenters. The third-order valence-corrected chi connectivity index (χ3v) is 8.64. The molecule has 2 aliphatic rings. The van der Waals surface area contributed by atoms with Crippen LogP contribution in [0.1, 0.15) is 111 Å². The van der Waals surface area contributed by atoms with Crippen molar-refractivity contribution in [2.45, 2.75) is 166 Å². The van der Waals surface area contributed by atoms with E-state index in [0.29, 0.717) is 6.42 Å². The molecule has 1 aliphatic heterocycles. The van der Waals surface area contributed by atoms with Crippen molar-refractivity contribution in [2.24, 2.45) is 11.8 Å². The number of carbonyl (C=O) groups is 1. The zero-order valence-corrected chi connectivity index (χ0v) is 24.8. The van der Waals surface area contributed by atoms with E-state index in [9.17, 15) is 35.4 Å². The first kappa shape index (κ1) is 35.3. The number of rotatable bonds is 18. The molecule has 0 spiro atoms. The average molecular weight is 577 g/mol. The van der Waals surface area contributed by atoms with Gasteiger partial charge in [0.2, 0.25) is 0 Å². The molecule has 6 N–H and O–H groups in total. The van der Waals surface area contributed by atoms with E-state index in [4.69, 9.17) is 14.2 Å². The Bertz CT molecular complexity index is 691. The summed E-state index contributed by atoms with van der Waals surface area (Å²) in [6, 6.07) is 0. The van der Waals surface area contributed by atoms with Crippen LogP contribution in [0.2, 0.25) is 0 Å². The second-order valence-electron chi connectivity index (χ2n) is 11.9. The summed E-state index contributed by atoms with van der Waals surface area (Å²) >= 11 is 0. The standard InChI is InChI=1S/C30H56O10/c1-4-5-6-7-8-9-10-11-12-13-14-15-16-17-22(32)39-28-20(3)29(27(37)25(35)26(28)36)40-30-19(2)23(33)24(34)21(18-31)38-30/h19-21,23-31,33-37H,4-18H2,1-3H3/t19?,20?,21?,23-,24+,25?,26?,27+,28+,29+,30+/m1/s1. The third kappa shape index (κ3) is 10.5. The van der Waals surface area contributed by atoms with Crippen LogP contribution >= 0.6 is 0 Å². The number of carbonyl (C=O) groups excluding carboxylic acids is 1. The van der Waals surface area contributed by atoms with Gasteiger partial charge in [0.1, 0.15) is 36.6 Å². The minimum absolute atomic E-state index is 0.197. The molecule has 0 aromatic carbocycles. The average Bonchev–Trinajstić information content (AvgIpc) is 2.94. The summed E-state index contributed by atoms with van der Waals surface area (Å²) in [6.07, 6.45) is 4.17. The van der Waals surface area contributed by atoms with Gasteiger partial charge in [-0.15, -0.1) is 0 Å². The van der Waals surface area contributed by atoms with Gasteiger partial charge in [0, 0.05) is 18.3 Å². The first-order chi connectivity index (χ1) is 19.1. The molecule has 1 saturated carbocycles. The molecule has 0 bridgehead atoms. The van der Waals surface area contributed by atoms with Crippen LogP contribution in [0.4, 0.5) is 0 Å². The lowest BCUT2D eigenvalue weighted by atomic mass is 9.79. The Morgan fingerprint density at radius 1 is 0.650 bits per heavy atom. The highest BCUT2D eigenvalue weighted by Gasteiger charge is 2.52. The highest BCUT2D eigenvalue weighted by atomic mass is 16.7. The van der Waals surface area contributed by atoms with Crippen LogP contribution in [0.15, 0.2) is 0 Å². The fraction of sp³-hybridized carbons (Fsp3) is 0.967. The summed E-state index contributed by atoms with van der Waals surface area (Å²) in [6.45, 7) is 4.91. The van der Waals surface area contributed by atoms with Gasteiger partial charge in [-0.2, -0.15) is 0 Å². The number of ether oxygens (including phenoxy) is 3. The SMILES string of the molecule is CCCCCCCCCCCCCCCC(=O)O[C@@H]1C(O)C(O)[C@H](O)[C@@H](O[C@@H]2OC(CO)[C@H](O)[C@H](O)C2C)C1C. The van der Waals surface area contributed by atoms with E-state index < -0.39 is 79.5 Å². The lowest BCUT2D eigenvalue weighted by Crippen LogP contribution is -2.64. The molecule has 1 saturated heterocycles. The van der Waals surface area contributed by atoms with E-state index in [0.717, 1.165) is 19.3 Å². The summed E-state index contributed by atoms with van der Waals surface area (Å²) in [4.78, 5) is 12.6. The van der Waals surface area contributed by atoms with E-state index in [1.807, 2.05) is 0 Å². The number of aliphatic hydroxyl groups excluding tert-OH is 6. The number of aliphatic hydroxyl groups is 6. The summed E-state index contributed by atoms with van der Waals surface area (Å²) in [5, 5.41) is 61.5. The molecule has 0 radical (unpaired) electrons. The Kier molecular flexibility index (Phi) is 16.5. The van der Waals surface area contributed by atoms with Crippen LogP contribution in [0.25, 0.3) is 0 Å². The zero-order valence-electron chi connectivity index (χ0n) is 24.8. The third-order valence-electron chi connectivity index (χ3n) is 8.64. The van der Waals surface area contributed by atoms with Crippen molar-refractivity contribution in [3.8, 4) is 0 Å². The van der Waals surface area contributed by atoms with Crippen LogP contribution in [-0.2, 0) is 19.0 Å². The lowest BCUT2D eigenvalue weighted by Gasteiger charge is -2.47. The molecule has 236 valence electrons. The lowest BCUT2D eigenvalue weighted by molar-refractivity contribution is -0.321. The van der Waals surface area contributed by atoms with Gasteiger partial charge in [0.05, 0.1) is 18.8 Å². The van der Waals surface area contributed by atoms with Gasteiger partial charge < -0.3 is 44.8 Å². The van der Waals surface area contributed by atoms with Gasteiger partial charge in [0.25, 0.3) is 0 Å². The van der Waals surface area contributed by atoms with Gasteiger partial charge in [-0.3, -0.25) is 4.79 Å². The summed E-state index contributed by atoms with van der Waals surface area (Å²) in [5.74, 6) is -1.91. The Morgan fingerprint density at radius 2 is 1.15 bits per heavy atom. The summed E-state index contributed by atoms with van der Waals surface area (Å²) in [5.41, 5.74) is 0. The first-order valence-corrected chi connectivity index (χ1v) is 15.7. The number of hydrogen-bond donors (Lipinski definition) is 6. The smallest absolute Gasteiger partial charge is 0.306 e. The van der Waals surface area contributed by atoms with Crippen LogP contribution in [0, 0.1) is 11.8 Å². The van der Waals surface area contributed by atoms with Gasteiger partial charge >= 0.3 is 5.97 Å². The number of esters is 1. The van der Waals surface area contributed by atoms with E-state index in [1.54, 1.807) is 13.8 Å². The van der Waals surface area contributed by atoms with E-state index in [1.165, 1.54) is 57.8 Å². The van der Waals surface area contributed by atoms with Crippen LogP contribution in [0.5, 0.6) is 0 Å². The molecule has 5 unspecified atom stereocenters. The minimum atomic E-state index is -1.63. The molecule has 0 amide bonds. The van der Waals surface area contributed by atoms with Crippen molar-refractivity contribution in [3.63, 3.8) is 0 Å². The number of unbranched alkanes of at least 4 members (excludes halogenated alkanes) is 12. The summed E-state index contributed by atoms with van der Waals surface area (Å²) < 4.78 is 17.1. The van der Waals surface area contributed by atoms with E-state index in [-0.39, 0.29) is 6.42 Å². The molecule has 1 heterocycles. The predicted octanol–water partition coefficient (Wildman–Crippen LogP) is 2.57. The molecule has 0 aromatic heterocycles. The molecule has 2 fully saturated rings. The van der Waals surface area contributed by atoms with Crippen molar-refractivity contribution >= 4 is 5.97 Å². The van der Waals surface area contributed by atoms with Gasteiger partial charge in [-0.1, -0.05) is 97.8 Å². The Labute approximate surface area is 240 Å². The van der Waals surface area contributed by atoms with Crippen molar-refractivity contribution in [3.05, 3.63) is 0 Å². The van der Waals surface area contributed by atoms with E-state index in [2.05, 4.69) is 6.92 Å². The normalized spacial score (nSPS) is 36.5. The predicted molar refractivity (Wildman–Crippen MR) is 149 cm³/mol. The molecular weight excluding hydrogens is 520 g/mol. The Hall–Kier alpha value is -0.850. The minimum Gasteiger partial charge on any atom is -0.459 e. The second-order valence-corrected chi connectivity index (χ2v) is 11.9. The van der Waals surface area contributed by atoms with Crippen LogP contribution in [0.3, 0.4) is 0 Å². The maximum Gasteiger partial charge on any atom is 0.306 e. The van der Waals surface area contributed by atoms with Crippen molar-refractivity contribution in [2.75, 3.05) is 6.61 Å². The molecular formula is C30H56O10. The fourth-order valence-electron chi connectivity index (χ4n) is 5.81. The van der Waals surface area contributed by atoms with Crippen LogP contribution in [-0.4, -0.2) is 98.3 Å². The Morgan fingerprint density at radius 3 is 1.68 bits per heavy atom. The highest BCUT2D eigenvalue weighted by Crippen LogP contribution is 2.35. The van der Waals surface area contributed by atoms with Crippen molar-refractivity contribution in [1.29, 1.82) is 0 Å². The maximum atomic E-state index is 12.6.